The quantitative estimate of drug-likeness (QED) is 0.717. The average molecular weight is 373 g/mol. The van der Waals surface area contributed by atoms with Crippen molar-refractivity contribution in [2.75, 3.05) is 12.4 Å². The fraction of sp³-hybridized carbons (Fsp3) is 0.368. The van der Waals surface area contributed by atoms with Crippen molar-refractivity contribution in [2.24, 2.45) is 11.7 Å². The Hall–Kier alpha value is -2.54. The van der Waals surface area contributed by atoms with Gasteiger partial charge in [-0.05, 0) is 48.4 Å². The van der Waals surface area contributed by atoms with E-state index in [-0.39, 0.29) is 12.1 Å². The van der Waals surface area contributed by atoms with Crippen LogP contribution < -0.4 is 21.1 Å². The SMILES string of the molecule is COc1ccc(C(N)=O)cc1NC(=O)NC(c1cccs1)C1CCCC1. The maximum absolute atomic E-state index is 12.6. The average Bonchev–Trinajstić information content (AvgIpc) is 3.33. The molecule has 26 heavy (non-hydrogen) atoms. The number of nitrogens with one attached hydrogen (secondary N) is 2. The smallest absolute Gasteiger partial charge is 0.319 e. The van der Waals surface area contributed by atoms with Gasteiger partial charge in [0.15, 0.2) is 0 Å². The summed E-state index contributed by atoms with van der Waals surface area (Å²) in [6.07, 6.45) is 4.63. The first kappa shape index (κ1) is 18.3. The molecule has 1 aliphatic carbocycles. The molecule has 0 spiro atoms. The van der Waals surface area contributed by atoms with E-state index in [4.69, 9.17) is 10.5 Å². The number of carbonyl (C=O) groups is 2. The molecule has 1 saturated carbocycles. The zero-order chi connectivity index (χ0) is 18.5. The van der Waals surface area contributed by atoms with Crippen LogP contribution in [-0.2, 0) is 0 Å². The van der Waals surface area contributed by atoms with Crippen LogP contribution in [0.1, 0.15) is 47.0 Å². The number of urea groups is 1. The minimum Gasteiger partial charge on any atom is -0.495 e. The maximum Gasteiger partial charge on any atom is 0.319 e. The minimum absolute atomic E-state index is 0.0113. The van der Waals surface area contributed by atoms with E-state index in [2.05, 4.69) is 16.7 Å². The van der Waals surface area contributed by atoms with Crippen molar-refractivity contribution in [3.05, 3.63) is 46.2 Å². The van der Waals surface area contributed by atoms with Crippen molar-refractivity contribution in [3.63, 3.8) is 0 Å². The largest absolute Gasteiger partial charge is 0.495 e. The summed E-state index contributed by atoms with van der Waals surface area (Å²) in [4.78, 5) is 25.2. The van der Waals surface area contributed by atoms with Gasteiger partial charge in [0.25, 0.3) is 0 Å². The van der Waals surface area contributed by atoms with Crippen LogP contribution in [0.15, 0.2) is 35.7 Å². The summed E-state index contributed by atoms with van der Waals surface area (Å²) >= 11 is 1.65. The van der Waals surface area contributed by atoms with Crippen molar-refractivity contribution < 1.29 is 14.3 Å². The Kier molecular flexibility index (Phi) is 5.78. The molecule has 1 aromatic heterocycles. The number of thiophene rings is 1. The van der Waals surface area contributed by atoms with Gasteiger partial charge in [-0.2, -0.15) is 0 Å². The second kappa shape index (κ2) is 8.23. The molecule has 1 unspecified atom stereocenters. The van der Waals surface area contributed by atoms with Gasteiger partial charge in [-0.1, -0.05) is 18.9 Å². The Bertz CT molecular complexity index is 770. The first-order chi connectivity index (χ1) is 12.6. The Labute approximate surface area is 156 Å². The lowest BCUT2D eigenvalue weighted by Gasteiger charge is -2.24. The number of methoxy groups -OCH3 is 1. The molecule has 138 valence electrons. The van der Waals surface area contributed by atoms with Crippen LogP contribution in [0, 0.1) is 5.92 Å². The van der Waals surface area contributed by atoms with Gasteiger partial charge < -0.3 is 21.1 Å². The number of ether oxygens (including phenoxy) is 1. The third-order valence-corrected chi connectivity index (χ3v) is 5.70. The molecule has 0 bridgehead atoms. The molecule has 0 saturated heterocycles. The van der Waals surface area contributed by atoms with E-state index in [0.29, 0.717) is 22.9 Å². The van der Waals surface area contributed by atoms with Crippen LogP contribution in [0.5, 0.6) is 5.75 Å². The third-order valence-electron chi connectivity index (χ3n) is 4.74. The number of rotatable bonds is 6. The molecular weight excluding hydrogens is 350 g/mol. The van der Waals surface area contributed by atoms with Crippen molar-refractivity contribution in [2.45, 2.75) is 31.7 Å². The molecule has 1 aliphatic rings. The lowest BCUT2D eigenvalue weighted by molar-refractivity contribution is 0.1000. The Morgan fingerprint density at radius 1 is 1.27 bits per heavy atom. The summed E-state index contributed by atoms with van der Waals surface area (Å²) in [6, 6.07) is 8.43. The lowest BCUT2D eigenvalue weighted by Crippen LogP contribution is -2.35. The monoisotopic (exact) mass is 373 g/mol. The standard InChI is InChI=1S/C19H23N3O3S/c1-25-15-9-8-13(18(20)23)11-14(15)21-19(24)22-17(12-5-2-3-6-12)16-7-4-10-26-16/h4,7-12,17H,2-3,5-6H2,1H3,(H2,20,23)(H2,21,22,24). The van der Waals surface area contributed by atoms with Gasteiger partial charge in [-0.3, -0.25) is 4.79 Å². The molecular formula is C19H23N3O3S. The maximum atomic E-state index is 12.6. The zero-order valence-electron chi connectivity index (χ0n) is 14.7. The van der Waals surface area contributed by atoms with E-state index in [9.17, 15) is 9.59 Å². The molecule has 1 atom stereocenters. The highest BCUT2D eigenvalue weighted by molar-refractivity contribution is 7.10. The normalized spacial score (nSPS) is 15.4. The summed E-state index contributed by atoms with van der Waals surface area (Å²) < 4.78 is 5.27. The number of hydrogen-bond donors (Lipinski definition) is 3. The number of benzene rings is 1. The van der Waals surface area contributed by atoms with Gasteiger partial charge in [0, 0.05) is 10.4 Å². The summed E-state index contributed by atoms with van der Waals surface area (Å²) in [7, 11) is 1.51. The highest BCUT2D eigenvalue weighted by Crippen LogP contribution is 2.37. The predicted octanol–water partition coefficient (Wildman–Crippen LogP) is 3.91. The van der Waals surface area contributed by atoms with Crippen LogP contribution in [0.3, 0.4) is 0 Å². The van der Waals surface area contributed by atoms with Gasteiger partial charge in [-0.25, -0.2) is 4.79 Å². The zero-order valence-corrected chi connectivity index (χ0v) is 15.5. The van der Waals surface area contributed by atoms with Crippen LogP contribution in [0.4, 0.5) is 10.5 Å². The molecule has 1 fully saturated rings. The Balaban J connectivity index is 1.76. The molecule has 7 heteroatoms. The number of hydrogen-bond acceptors (Lipinski definition) is 4. The molecule has 4 N–H and O–H groups in total. The number of primary amides is 1. The molecule has 1 heterocycles. The first-order valence-corrected chi connectivity index (χ1v) is 9.55. The Morgan fingerprint density at radius 3 is 2.65 bits per heavy atom. The topological polar surface area (TPSA) is 93.4 Å². The van der Waals surface area contributed by atoms with Crippen LogP contribution >= 0.6 is 11.3 Å². The number of carbonyl (C=O) groups excluding carboxylic acids is 2. The van der Waals surface area contributed by atoms with E-state index >= 15 is 0 Å². The molecule has 3 amide bonds. The van der Waals surface area contributed by atoms with Crippen molar-refractivity contribution in [1.82, 2.24) is 5.32 Å². The van der Waals surface area contributed by atoms with Gasteiger partial charge in [-0.15, -0.1) is 11.3 Å². The van der Waals surface area contributed by atoms with Crippen LogP contribution in [0.25, 0.3) is 0 Å². The lowest BCUT2D eigenvalue weighted by atomic mass is 9.97. The fourth-order valence-electron chi connectivity index (χ4n) is 3.44. The van der Waals surface area contributed by atoms with E-state index in [1.807, 2.05) is 11.4 Å². The second-order valence-electron chi connectivity index (χ2n) is 6.42. The molecule has 6 nitrogen and oxygen atoms in total. The predicted molar refractivity (Wildman–Crippen MR) is 103 cm³/mol. The van der Waals surface area contributed by atoms with Gasteiger partial charge >= 0.3 is 6.03 Å². The van der Waals surface area contributed by atoms with E-state index in [1.165, 1.54) is 26.0 Å². The molecule has 2 aromatic rings. The molecule has 1 aromatic carbocycles. The van der Waals surface area contributed by atoms with Crippen molar-refractivity contribution in [3.8, 4) is 5.75 Å². The Morgan fingerprint density at radius 2 is 2.04 bits per heavy atom. The summed E-state index contributed by atoms with van der Waals surface area (Å²) in [6.45, 7) is 0. The summed E-state index contributed by atoms with van der Waals surface area (Å²) in [5.74, 6) is 0.357. The van der Waals surface area contributed by atoms with Crippen molar-refractivity contribution >= 4 is 29.0 Å². The van der Waals surface area contributed by atoms with Crippen molar-refractivity contribution in [1.29, 1.82) is 0 Å². The van der Waals surface area contributed by atoms with Gasteiger partial charge in [0.05, 0.1) is 18.8 Å². The summed E-state index contributed by atoms with van der Waals surface area (Å²) in [5.41, 5.74) is 6.05. The molecule has 0 radical (unpaired) electrons. The molecule has 3 rings (SSSR count). The first-order valence-electron chi connectivity index (χ1n) is 8.67. The van der Waals surface area contributed by atoms with Crippen LogP contribution in [-0.4, -0.2) is 19.0 Å². The minimum atomic E-state index is -0.557. The third kappa shape index (κ3) is 4.16. The highest BCUT2D eigenvalue weighted by Gasteiger charge is 2.28. The number of nitrogens with two attached hydrogens (primary N) is 1. The van der Waals surface area contributed by atoms with Gasteiger partial charge in [0.1, 0.15) is 5.75 Å². The van der Waals surface area contributed by atoms with E-state index in [1.54, 1.807) is 23.5 Å². The fourth-order valence-corrected chi connectivity index (χ4v) is 4.31. The highest BCUT2D eigenvalue weighted by atomic mass is 32.1. The van der Waals surface area contributed by atoms with E-state index < -0.39 is 5.91 Å². The second-order valence-corrected chi connectivity index (χ2v) is 7.39. The van der Waals surface area contributed by atoms with E-state index in [0.717, 1.165) is 17.7 Å². The number of anilines is 1. The molecule has 0 aliphatic heterocycles. The number of amides is 3. The van der Waals surface area contributed by atoms with Crippen LogP contribution in [0.2, 0.25) is 0 Å². The summed E-state index contributed by atoms with van der Waals surface area (Å²) in [5, 5.41) is 7.92. The van der Waals surface area contributed by atoms with Gasteiger partial charge in [0.2, 0.25) is 5.91 Å².